The van der Waals surface area contributed by atoms with Gasteiger partial charge in [-0.15, -0.1) is 11.2 Å². The van der Waals surface area contributed by atoms with E-state index in [9.17, 15) is 0 Å². The van der Waals surface area contributed by atoms with E-state index in [2.05, 4.69) is 32.9 Å². The number of hydrogen-bond acceptors (Lipinski definition) is 1. The third-order valence-corrected chi connectivity index (χ3v) is 1.59. The fourth-order valence-corrected chi connectivity index (χ4v) is 0.809. The van der Waals surface area contributed by atoms with Crippen LogP contribution in [0, 0.1) is 12.1 Å². The fourth-order valence-electron chi connectivity index (χ4n) is 0.809. The van der Waals surface area contributed by atoms with E-state index in [0.29, 0.717) is 0 Å². The van der Waals surface area contributed by atoms with Crippen molar-refractivity contribution in [2.24, 2.45) is 0 Å². The molecule has 66 valence electrons. The van der Waals surface area contributed by atoms with Crippen LogP contribution in [-0.4, -0.2) is 5.11 Å². The minimum atomic E-state index is 0. The van der Waals surface area contributed by atoms with E-state index >= 15 is 0 Å². The summed E-state index contributed by atoms with van der Waals surface area (Å²) in [5.74, 6) is 0.0815. The average molecular weight is 326 g/mol. The fraction of sp³-hybridized carbons (Fsp3) is 0.400. The number of phenols is 1. The molecule has 3 heteroatoms. The van der Waals surface area contributed by atoms with E-state index in [-0.39, 0.29) is 76.6 Å². The molecule has 0 fully saturated rings. The minimum absolute atomic E-state index is 0. The van der Waals surface area contributed by atoms with Crippen LogP contribution in [0.15, 0.2) is 12.1 Å². The summed E-state index contributed by atoms with van der Waals surface area (Å²) in [6, 6.07) is 9.01. The molecule has 0 saturated heterocycles. The van der Waals surface area contributed by atoms with Crippen LogP contribution >= 0.6 is 0 Å². The van der Waals surface area contributed by atoms with Crippen LogP contribution in [-0.2, 0) is 70.8 Å². The molecule has 0 aliphatic heterocycles. The average Bonchev–Trinajstić information content (AvgIpc) is 1.86. The Bertz CT molecular complexity index is 236. The monoisotopic (exact) mass is 326 g/mol. The molecule has 0 heterocycles. The molecule has 0 saturated carbocycles. The summed E-state index contributed by atoms with van der Waals surface area (Å²) in [6.45, 7) is 6.34. The van der Waals surface area contributed by atoms with Gasteiger partial charge in [-0.25, -0.2) is 0 Å². The normalized spacial score (nSPS) is 9.77. The van der Waals surface area contributed by atoms with Crippen LogP contribution in [0.4, 0.5) is 0 Å². The van der Waals surface area contributed by atoms with Crippen LogP contribution in [0.3, 0.4) is 0 Å². The maximum atomic E-state index is 8.91. The van der Waals surface area contributed by atoms with Crippen LogP contribution in [0.25, 0.3) is 0 Å². The Labute approximate surface area is 130 Å². The van der Waals surface area contributed by atoms with Crippen molar-refractivity contribution in [3.05, 3.63) is 29.8 Å². The molecule has 0 amide bonds. The summed E-state index contributed by atoms with van der Waals surface area (Å²) in [6.07, 6.45) is 0. The maximum absolute atomic E-state index is 8.91. The Hall–Kier alpha value is 1.23. The van der Waals surface area contributed by atoms with Gasteiger partial charge in [-0.1, -0.05) is 20.8 Å². The third kappa shape index (κ3) is 5.62. The second-order valence-electron chi connectivity index (χ2n) is 3.63. The van der Waals surface area contributed by atoms with Gasteiger partial charge in [0.2, 0.25) is 0 Å². The van der Waals surface area contributed by atoms with E-state index < -0.39 is 0 Å². The molecule has 1 rings (SSSR count). The number of rotatable bonds is 0. The van der Waals surface area contributed by atoms with Crippen molar-refractivity contribution in [2.45, 2.75) is 26.2 Å². The molecule has 0 aliphatic carbocycles. The molecule has 0 spiro atoms. The van der Waals surface area contributed by atoms with E-state index in [1.165, 1.54) is 0 Å². The summed E-state index contributed by atoms with van der Waals surface area (Å²) in [5.41, 5.74) is 1.25. The van der Waals surface area contributed by atoms with Crippen molar-refractivity contribution in [3.63, 3.8) is 0 Å². The van der Waals surface area contributed by atoms with Crippen molar-refractivity contribution in [3.8, 4) is 5.75 Å². The van der Waals surface area contributed by atoms with Gasteiger partial charge < -0.3 is 17.2 Å². The van der Waals surface area contributed by atoms with Gasteiger partial charge in [0.15, 0.2) is 0 Å². The molecule has 0 bridgehead atoms. The molecular weight excluding hydrogens is 314 g/mol. The smallest absolute Gasteiger partial charge is 0 e. The Kier molecular flexibility index (Phi) is 8.53. The summed E-state index contributed by atoms with van der Waals surface area (Å²) in [4.78, 5) is 0. The Morgan fingerprint density at radius 3 is 1.77 bits per heavy atom. The summed E-state index contributed by atoms with van der Waals surface area (Å²) < 4.78 is 0. The van der Waals surface area contributed by atoms with Gasteiger partial charge in [-0.3, -0.25) is 17.7 Å². The molecule has 0 aliphatic rings. The third-order valence-electron chi connectivity index (χ3n) is 1.59. The topological polar surface area (TPSA) is 20.2 Å². The van der Waals surface area contributed by atoms with Gasteiger partial charge >= 0.3 is 0 Å². The first-order chi connectivity index (χ1) is 5.00. The van der Waals surface area contributed by atoms with Crippen molar-refractivity contribution in [2.75, 3.05) is 0 Å². The molecule has 0 unspecified atom stereocenters. The summed E-state index contributed by atoms with van der Waals surface area (Å²) in [7, 11) is 0. The molecule has 0 atom stereocenters. The molecule has 2 radical (unpaired) electrons. The Morgan fingerprint density at radius 2 is 1.46 bits per heavy atom. The zero-order chi connectivity index (χ0) is 8.48. The molecule has 1 N–H and O–H groups in total. The van der Waals surface area contributed by atoms with E-state index in [0.717, 1.165) is 5.56 Å². The first-order valence-electron chi connectivity index (χ1n) is 3.63. The molecule has 13 heavy (non-hydrogen) atoms. The second kappa shape index (κ2) is 6.66. The maximum Gasteiger partial charge on any atom is 0 e. The van der Waals surface area contributed by atoms with E-state index in [4.69, 9.17) is 5.11 Å². The zero-order valence-corrected chi connectivity index (χ0v) is 13.9. The van der Waals surface area contributed by atoms with Crippen LogP contribution in [0.2, 0.25) is 0 Å². The van der Waals surface area contributed by atoms with Crippen molar-refractivity contribution >= 4 is 0 Å². The molecule has 0 aromatic heterocycles. The molecular formula is C10H12OY2-2. The first kappa shape index (κ1) is 16.7. The van der Waals surface area contributed by atoms with Gasteiger partial charge in [0.05, 0.1) is 0 Å². The van der Waals surface area contributed by atoms with E-state index in [1.54, 1.807) is 12.1 Å². The molecule has 1 nitrogen and oxygen atoms in total. The van der Waals surface area contributed by atoms with Gasteiger partial charge in [0, 0.05) is 65.4 Å². The van der Waals surface area contributed by atoms with Crippen LogP contribution in [0.1, 0.15) is 26.3 Å². The van der Waals surface area contributed by atoms with Crippen LogP contribution in [0.5, 0.6) is 5.75 Å². The number of benzene rings is 1. The summed E-state index contributed by atoms with van der Waals surface area (Å²) >= 11 is 0. The van der Waals surface area contributed by atoms with Gasteiger partial charge in [-0.2, -0.15) is 0 Å². The first-order valence-corrected chi connectivity index (χ1v) is 3.63. The Morgan fingerprint density at radius 1 is 1.08 bits per heavy atom. The second-order valence-corrected chi connectivity index (χ2v) is 3.63. The predicted octanol–water partition coefficient (Wildman–Crippen LogP) is 2.29. The van der Waals surface area contributed by atoms with Crippen LogP contribution < -0.4 is 0 Å². The van der Waals surface area contributed by atoms with Gasteiger partial charge in [0.25, 0.3) is 0 Å². The van der Waals surface area contributed by atoms with Gasteiger partial charge in [0.1, 0.15) is 0 Å². The molecule has 1 aromatic rings. The number of hydrogen-bond donors (Lipinski definition) is 1. The molecule has 1 aromatic carbocycles. The quantitative estimate of drug-likeness (QED) is 0.726. The SMILES string of the molecule is CC(C)(C)c1c[c-]c(O)[c-]c1.[Y].[Y]. The van der Waals surface area contributed by atoms with Crippen molar-refractivity contribution in [1.29, 1.82) is 0 Å². The van der Waals surface area contributed by atoms with E-state index in [1.807, 2.05) is 0 Å². The minimum Gasteiger partial charge on any atom is -0.559 e. The predicted molar refractivity (Wildman–Crippen MR) is 44.5 cm³/mol. The van der Waals surface area contributed by atoms with Gasteiger partial charge in [-0.05, 0) is 0 Å². The number of phenolic OH excluding ortho intramolecular Hbond substituents is 1. The van der Waals surface area contributed by atoms with Crippen molar-refractivity contribution in [1.82, 2.24) is 0 Å². The largest absolute Gasteiger partial charge is 0.559 e. The number of aromatic hydroxyl groups is 1. The zero-order valence-electron chi connectivity index (χ0n) is 8.26. The standard InChI is InChI=1S/C10H12O.2Y/c1-10(2,3)8-4-6-9(11)7-5-8;;/h4-5,11H,1-3H3;;/q-2;;. The Balaban J connectivity index is 0. The van der Waals surface area contributed by atoms with Crippen molar-refractivity contribution < 1.29 is 70.5 Å². The summed E-state index contributed by atoms with van der Waals surface area (Å²) in [5, 5.41) is 8.91.